The van der Waals surface area contributed by atoms with Crippen LogP contribution in [0.1, 0.15) is 13.3 Å². The lowest BCUT2D eigenvalue weighted by molar-refractivity contribution is 0.768. The first kappa shape index (κ1) is 8.06. The molecule has 0 amide bonds. The van der Waals surface area contributed by atoms with Gasteiger partial charge in [-0.15, -0.1) is 6.58 Å². The predicted molar refractivity (Wildman–Crippen MR) is 50.3 cm³/mol. The van der Waals surface area contributed by atoms with E-state index in [1.54, 1.807) is 0 Å². The lowest BCUT2D eigenvalue weighted by atomic mass is 9.90. The maximum atomic E-state index is 3.87. The minimum absolute atomic E-state index is 0.554. The molecule has 58 valence electrons. The molecule has 0 aromatic carbocycles. The van der Waals surface area contributed by atoms with Crippen LogP contribution < -0.4 is 0 Å². The molecular weight excluding hydrogens is 132 g/mol. The Hall–Kier alpha value is -1.04. The summed E-state index contributed by atoms with van der Waals surface area (Å²) in [6.07, 6.45) is 9.39. The summed E-state index contributed by atoms with van der Waals surface area (Å²) in [6, 6.07) is 0. The Morgan fingerprint density at radius 3 is 2.91 bits per heavy atom. The van der Waals surface area contributed by atoms with E-state index in [9.17, 15) is 0 Å². The lowest BCUT2D eigenvalue weighted by Crippen LogP contribution is -2.00. The molecule has 0 heteroatoms. The Labute approximate surface area is 68.6 Å². The van der Waals surface area contributed by atoms with Crippen LogP contribution >= 0.6 is 0 Å². The molecule has 0 aliphatic heterocycles. The van der Waals surface area contributed by atoms with Crippen LogP contribution in [-0.4, -0.2) is 0 Å². The third-order valence-corrected chi connectivity index (χ3v) is 1.96. The standard InChI is InChI=1S/C11H14/c1-4-5-11-7-6-9(2)8-10(11)3/h4,6-8,11H,1-2,5H2,3H3. The molecule has 1 atom stereocenters. The van der Waals surface area contributed by atoms with Gasteiger partial charge in [0.2, 0.25) is 0 Å². The highest BCUT2D eigenvalue weighted by Crippen LogP contribution is 2.23. The molecular formula is C11H14. The molecule has 0 fully saturated rings. The van der Waals surface area contributed by atoms with E-state index in [0.29, 0.717) is 5.92 Å². The van der Waals surface area contributed by atoms with E-state index in [2.05, 4.69) is 38.3 Å². The molecule has 0 aromatic heterocycles. The highest BCUT2D eigenvalue weighted by Gasteiger charge is 2.07. The van der Waals surface area contributed by atoms with Crippen molar-refractivity contribution in [1.82, 2.24) is 0 Å². The van der Waals surface area contributed by atoms with Crippen molar-refractivity contribution in [3.63, 3.8) is 0 Å². The van der Waals surface area contributed by atoms with Crippen molar-refractivity contribution in [3.8, 4) is 0 Å². The van der Waals surface area contributed by atoms with E-state index >= 15 is 0 Å². The van der Waals surface area contributed by atoms with Crippen molar-refractivity contribution >= 4 is 0 Å². The molecule has 0 N–H and O–H groups in total. The van der Waals surface area contributed by atoms with Crippen molar-refractivity contribution < 1.29 is 0 Å². The quantitative estimate of drug-likeness (QED) is 0.524. The van der Waals surface area contributed by atoms with Crippen LogP contribution in [0.25, 0.3) is 0 Å². The molecule has 0 saturated heterocycles. The first-order chi connectivity index (χ1) is 5.24. The van der Waals surface area contributed by atoms with Gasteiger partial charge in [-0.3, -0.25) is 0 Å². The summed E-state index contributed by atoms with van der Waals surface area (Å²) in [5.41, 5.74) is 2.49. The summed E-state index contributed by atoms with van der Waals surface area (Å²) in [5, 5.41) is 0. The first-order valence-corrected chi connectivity index (χ1v) is 3.90. The largest absolute Gasteiger partial charge is 0.103 e. The molecule has 1 rings (SSSR count). The second-order valence-corrected chi connectivity index (χ2v) is 2.95. The van der Waals surface area contributed by atoms with Crippen molar-refractivity contribution in [3.05, 3.63) is 48.6 Å². The van der Waals surface area contributed by atoms with Crippen LogP contribution in [-0.2, 0) is 0 Å². The Kier molecular flexibility index (Phi) is 2.48. The topological polar surface area (TPSA) is 0 Å². The molecule has 1 unspecified atom stereocenters. The predicted octanol–water partition coefficient (Wildman–Crippen LogP) is 3.25. The van der Waals surface area contributed by atoms with Gasteiger partial charge in [-0.05, 0) is 18.9 Å². The van der Waals surface area contributed by atoms with Gasteiger partial charge in [0.1, 0.15) is 0 Å². The first-order valence-electron chi connectivity index (χ1n) is 3.90. The monoisotopic (exact) mass is 146 g/mol. The van der Waals surface area contributed by atoms with Gasteiger partial charge in [0.15, 0.2) is 0 Å². The summed E-state index contributed by atoms with van der Waals surface area (Å²) < 4.78 is 0. The van der Waals surface area contributed by atoms with E-state index in [-0.39, 0.29) is 0 Å². The zero-order valence-electron chi connectivity index (χ0n) is 7.01. The molecule has 0 bridgehead atoms. The fourth-order valence-electron chi connectivity index (χ4n) is 1.28. The normalized spacial score (nSPS) is 23.2. The van der Waals surface area contributed by atoms with Gasteiger partial charge in [-0.2, -0.15) is 0 Å². The second-order valence-electron chi connectivity index (χ2n) is 2.95. The molecule has 1 aliphatic rings. The number of rotatable bonds is 2. The SMILES string of the molecule is C=CCC1C=CC(=C)C=C1C. The second kappa shape index (κ2) is 3.38. The summed E-state index contributed by atoms with van der Waals surface area (Å²) in [7, 11) is 0. The average molecular weight is 146 g/mol. The third-order valence-electron chi connectivity index (χ3n) is 1.96. The van der Waals surface area contributed by atoms with Gasteiger partial charge >= 0.3 is 0 Å². The number of hydrogen-bond donors (Lipinski definition) is 0. The summed E-state index contributed by atoms with van der Waals surface area (Å²) in [4.78, 5) is 0. The maximum Gasteiger partial charge on any atom is 0.00150 e. The number of hydrogen-bond acceptors (Lipinski definition) is 0. The van der Waals surface area contributed by atoms with Crippen molar-refractivity contribution in [2.24, 2.45) is 5.92 Å². The van der Waals surface area contributed by atoms with Gasteiger partial charge in [0.05, 0.1) is 0 Å². The fraction of sp³-hybridized carbons (Fsp3) is 0.273. The van der Waals surface area contributed by atoms with E-state index in [1.807, 2.05) is 6.08 Å². The van der Waals surface area contributed by atoms with Crippen LogP contribution in [0.15, 0.2) is 48.6 Å². The third kappa shape index (κ3) is 1.94. The molecule has 0 saturated carbocycles. The van der Waals surface area contributed by atoms with Crippen LogP contribution in [0.3, 0.4) is 0 Å². The Morgan fingerprint density at radius 2 is 2.36 bits per heavy atom. The van der Waals surface area contributed by atoms with Gasteiger partial charge in [0.25, 0.3) is 0 Å². The molecule has 0 radical (unpaired) electrons. The van der Waals surface area contributed by atoms with E-state index in [4.69, 9.17) is 0 Å². The Morgan fingerprint density at radius 1 is 1.64 bits per heavy atom. The molecule has 1 aliphatic carbocycles. The van der Waals surface area contributed by atoms with E-state index in [1.165, 1.54) is 5.57 Å². The molecule has 0 aromatic rings. The lowest BCUT2D eigenvalue weighted by Gasteiger charge is -2.15. The molecule has 0 nitrogen and oxygen atoms in total. The summed E-state index contributed by atoms with van der Waals surface area (Å²) in [5.74, 6) is 0.554. The van der Waals surface area contributed by atoms with Crippen molar-refractivity contribution in [2.75, 3.05) is 0 Å². The van der Waals surface area contributed by atoms with Gasteiger partial charge in [0, 0.05) is 5.92 Å². The highest BCUT2D eigenvalue weighted by atomic mass is 14.1. The van der Waals surface area contributed by atoms with E-state index < -0.39 is 0 Å². The average Bonchev–Trinajstić information content (AvgIpc) is 1.95. The summed E-state index contributed by atoms with van der Waals surface area (Å²) >= 11 is 0. The van der Waals surface area contributed by atoms with Crippen LogP contribution in [0.5, 0.6) is 0 Å². The molecule has 0 heterocycles. The van der Waals surface area contributed by atoms with Gasteiger partial charge in [-0.1, -0.05) is 36.5 Å². The minimum Gasteiger partial charge on any atom is -0.103 e. The van der Waals surface area contributed by atoms with Gasteiger partial charge in [-0.25, -0.2) is 0 Å². The van der Waals surface area contributed by atoms with Crippen LogP contribution in [0.2, 0.25) is 0 Å². The molecule has 11 heavy (non-hydrogen) atoms. The van der Waals surface area contributed by atoms with Gasteiger partial charge < -0.3 is 0 Å². The minimum atomic E-state index is 0.554. The summed E-state index contributed by atoms with van der Waals surface area (Å²) in [6.45, 7) is 9.74. The zero-order valence-corrected chi connectivity index (χ0v) is 7.01. The van der Waals surface area contributed by atoms with Crippen molar-refractivity contribution in [2.45, 2.75) is 13.3 Å². The smallest absolute Gasteiger partial charge is 0.00150 e. The molecule has 0 spiro atoms. The zero-order chi connectivity index (χ0) is 8.27. The number of allylic oxidation sites excluding steroid dienone is 6. The maximum absolute atomic E-state index is 3.87. The van der Waals surface area contributed by atoms with Crippen LogP contribution in [0.4, 0.5) is 0 Å². The highest BCUT2D eigenvalue weighted by molar-refractivity contribution is 5.37. The van der Waals surface area contributed by atoms with E-state index in [0.717, 1.165) is 12.0 Å². The Balaban J connectivity index is 2.71. The fourth-order valence-corrected chi connectivity index (χ4v) is 1.28. The Bertz CT molecular complexity index is 228. The van der Waals surface area contributed by atoms with Crippen LogP contribution in [0, 0.1) is 5.92 Å². The van der Waals surface area contributed by atoms with Crippen molar-refractivity contribution in [1.29, 1.82) is 0 Å².